The maximum Gasteiger partial charge on any atom is 0.0718 e. The molecule has 1 heterocycles. The first kappa shape index (κ1) is 11.0. The van der Waals surface area contributed by atoms with E-state index in [2.05, 4.69) is 4.90 Å². The van der Waals surface area contributed by atoms with Gasteiger partial charge >= 0.3 is 0 Å². The molecule has 1 fully saturated rings. The highest BCUT2D eigenvalue weighted by Gasteiger charge is 2.25. The Kier molecular flexibility index (Phi) is 3.71. The van der Waals surface area contributed by atoms with Crippen LogP contribution in [-0.4, -0.2) is 41.3 Å². The number of rotatable bonds is 3. The molecule has 0 aromatic heterocycles. The summed E-state index contributed by atoms with van der Waals surface area (Å²) in [4.78, 5) is 2.32. The molecule has 1 unspecified atom stereocenters. The third kappa shape index (κ3) is 3.63. The number of hydrogen-bond acceptors (Lipinski definition) is 3. The van der Waals surface area contributed by atoms with E-state index in [4.69, 9.17) is 5.73 Å². The van der Waals surface area contributed by atoms with Crippen molar-refractivity contribution in [3.05, 3.63) is 0 Å². The lowest BCUT2D eigenvalue weighted by atomic mass is 9.99. The maximum absolute atomic E-state index is 9.70. The van der Waals surface area contributed by atoms with E-state index in [0.29, 0.717) is 6.04 Å². The molecule has 3 nitrogen and oxygen atoms in total. The Morgan fingerprint density at radius 1 is 1.46 bits per heavy atom. The molecule has 0 bridgehead atoms. The molecule has 78 valence electrons. The van der Waals surface area contributed by atoms with E-state index in [1.54, 1.807) is 0 Å². The van der Waals surface area contributed by atoms with Crippen molar-refractivity contribution in [2.45, 2.75) is 44.8 Å². The number of aliphatic hydroxyl groups is 1. The zero-order valence-corrected chi connectivity index (χ0v) is 8.79. The largest absolute Gasteiger partial charge is 0.389 e. The molecule has 1 saturated heterocycles. The number of nitrogens with zero attached hydrogens (tertiary/aromatic N) is 1. The Morgan fingerprint density at radius 3 is 2.69 bits per heavy atom. The van der Waals surface area contributed by atoms with Crippen molar-refractivity contribution in [2.75, 3.05) is 19.6 Å². The van der Waals surface area contributed by atoms with Gasteiger partial charge < -0.3 is 10.8 Å². The lowest BCUT2D eigenvalue weighted by Gasteiger charge is -2.38. The first-order chi connectivity index (χ1) is 6.03. The van der Waals surface area contributed by atoms with Gasteiger partial charge in [-0.15, -0.1) is 0 Å². The number of hydrogen-bond donors (Lipinski definition) is 2. The zero-order chi connectivity index (χ0) is 9.90. The van der Waals surface area contributed by atoms with Crippen molar-refractivity contribution in [1.29, 1.82) is 0 Å². The van der Waals surface area contributed by atoms with Crippen LogP contribution >= 0.6 is 0 Å². The molecule has 3 heteroatoms. The van der Waals surface area contributed by atoms with E-state index >= 15 is 0 Å². The van der Waals surface area contributed by atoms with Crippen LogP contribution in [0.1, 0.15) is 33.1 Å². The van der Waals surface area contributed by atoms with Crippen molar-refractivity contribution in [3.8, 4) is 0 Å². The van der Waals surface area contributed by atoms with E-state index in [-0.39, 0.29) is 0 Å². The molecule has 0 spiro atoms. The molecule has 0 saturated carbocycles. The quantitative estimate of drug-likeness (QED) is 0.677. The molecule has 13 heavy (non-hydrogen) atoms. The molecule has 0 radical (unpaired) electrons. The highest BCUT2D eigenvalue weighted by atomic mass is 16.3. The van der Waals surface area contributed by atoms with Crippen molar-refractivity contribution >= 4 is 0 Å². The zero-order valence-electron chi connectivity index (χ0n) is 8.79. The fraction of sp³-hybridized carbons (Fsp3) is 1.00. The van der Waals surface area contributed by atoms with Crippen molar-refractivity contribution < 1.29 is 5.11 Å². The van der Waals surface area contributed by atoms with Gasteiger partial charge in [0.1, 0.15) is 0 Å². The minimum Gasteiger partial charge on any atom is -0.389 e. The first-order valence-corrected chi connectivity index (χ1v) is 5.19. The predicted octanol–water partition coefficient (Wildman–Crippen LogP) is 0.571. The van der Waals surface area contributed by atoms with Crippen LogP contribution in [0.5, 0.6) is 0 Å². The van der Waals surface area contributed by atoms with Gasteiger partial charge in [0, 0.05) is 19.1 Å². The lowest BCUT2D eigenvalue weighted by molar-refractivity contribution is 0.0117. The van der Waals surface area contributed by atoms with Gasteiger partial charge in [0.25, 0.3) is 0 Å². The summed E-state index contributed by atoms with van der Waals surface area (Å²) < 4.78 is 0. The van der Waals surface area contributed by atoms with Gasteiger partial charge in [0.15, 0.2) is 0 Å². The Balaban J connectivity index is 2.45. The van der Waals surface area contributed by atoms with Crippen LogP contribution in [0.25, 0.3) is 0 Å². The number of likely N-dealkylation sites (tertiary alicyclic amines) is 1. The Morgan fingerprint density at radius 2 is 2.15 bits per heavy atom. The second-order valence-electron chi connectivity index (χ2n) is 4.67. The average molecular weight is 186 g/mol. The molecule has 0 aromatic rings. The Bertz CT molecular complexity index is 153. The molecular formula is C10H22N2O. The maximum atomic E-state index is 9.70. The topological polar surface area (TPSA) is 49.5 Å². The van der Waals surface area contributed by atoms with Gasteiger partial charge in [0.05, 0.1) is 5.60 Å². The molecule has 0 aliphatic carbocycles. The molecule has 1 atom stereocenters. The third-order valence-electron chi connectivity index (χ3n) is 2.61. The van der Waals surface area contributed by atoms with E-state index in [1.165, 1.54) is 19.3 Å². The first-order valence-electron chi connectivity index (χ1n) is 5.19. The number of β-amino-alcohol motifs (C(OH)–C–C–N with tert-alkyl or cyclic N) is 1. The molecule has 3 N–H and O–H groups in total. The minimum atomic E-state index is -0.592. The van der Waals surface area contributed by atoms with Crippen LogP contribution in [0.4, 0.5) is 0 Å². The van der Waals surface area contributed by atoms with E-state index in [9.17, 15) is 5.11 Å². The summed E-state index contributed by atoms with van der Waals surface area (Å²) in [6.07, 6.45) is 3.71. The normalized spacial score (nSPS) is 26.3. The van der Waals surface area contributed by atoms with Gasteiger partial charge in [-0.2, -0.15) is 0 Å². The predicted molar refractivity (Wildman–Crippen MR) is 54.6 cm³/mol. The summed E-state index contributed by atoms with van der Waals surface area (Å²) in [5.41, 5.74) is 5.10. The monoisotopic (exact) mass is 186 g/mol. The van der Waals surface area contributed by atoms with Crippen LogP contribution in [0, 0.1) is 0 Å². The summed E-state index contributed by atoms with van der Waals surface area (Å²) in [5, 5.41) is 9.70. The van der Waals surface area contributed by atoms with Crippen LogP contribution in [-0.2, 0) is 0 Å². The molecular weight excluding hydrogens is 164 g/mol. The van der Waals surface area contributed by atoms with Crippen molar-refractivity contribution in [1.82, 2.24) is 4.90 Å². The fourth-order valence-electron chi connectivity index (χ4n) is 2.03. The summed E-state index contributed by atoms with van der Waals surface area (Å²) in [6.45, 7) is 6.27. The fourth-order valence-corrected chi connectivity index (χ4v) is 2.03. The smallest absolute Gasteiger partial charge is 0.0718 e. The van der Waals surface area contributed by atoms with Gasteiger partial charge in [-0.1, -0.05) is 6.42 Å². The van der Waals surface area contributed by atoms with Gasteiger partial charge in [-0.25, -0.2) is 0 Å². The third-order valence-corrected chi connectivity index (χ3v) is 2.61. The molecule has 0 amide bonds. The van der Waals surface area contributed by atoms with Gasteiger partial charge in [0.2, 0.25) is 0 Å². The average Bonchev–Trinajstić information content (AvgIpc) is 2.02. The van der Waals surface area contributed by atoms with E-state index < -0.39 is 5.60 Å². The van der Waals surface area contributed by atoms with Crippen LogP contribution in [0.15, 0.2) is 0 Å². The van der Waals surface area contributed by atoms with Crippen molar-refractivity contribution in [2.24, 2.45) is 5.73 Å². The number of piperidine rings is 1. The van der Waals surface area contributed by atoms with E-state index in [1.807, 2.05) is 13.8 Å². The highest BCUT2D eigenvalue weighted by molar-refractivity contribution is 4.82. The number of nitrogens with two attached hydrogens (primary N) is 1. The van der Waals surface area contributed by atoms with Gasteiger partial charge in [-0.3, -0.25) is 4.90 Å². The summed E-state index contributed by atoms with van der Waals surface area (Å²) in [6, 6.07) is 0.486. The minimum absolute atomic E-state index is 0.486. The molecule has 0 aromatic carbocycles. The van der Waals surface area contributed by atoms with Crippen LogP contribution in [0.2, 0.25) is 0 Å². The molecule has 1 aliphatic rings. The SMILES string of the molecule is CC(C)(O)CN1CCCCC1CN. The summed E-state index contributed by atoms with van der Waals surface area (Å²) >= 11 is 0. The molecule has 1 rings (SSSR count). The Hall–Kier alpha value is -0.120. The van der Waals surface area contributed by atoms with Crippen LogP contribution in [0.3, 0.4) is 0 Å². The highest BCUT2D eigenvalue weighted by Crippen LogP contribution is 2.18. The Labute approximate surface area is 80.9 Å². The molecule has 1 aliphatic heterocycles. The second kappa shape index (κ2) is 4.40. The second-order valence-corrected chi connectivity index (χ2v) is 4.67. The van der Waals surface area contributed by atoms with Crippen molar-refractivity contribution in [3.63, 3.8) is 0 Å². The summed E-state index contributed by atoms with van der Waals surface area (Å²) in [5.74, 6) is 0. The lowest BCUT2D eigenvalue weighted by Crippen LogP contribution is -2.49. The summed E-state index contributed by atoms with van der Waals surface area (Å²) in [7, 11) is 0. The standard InChI is InChI=1S/C10H22N2O/c1-10(2,13)8-12-6-4-3-5-9(12)7-11/h9,13H,3-8,11H2,1-2H3. The van der Waals surface area contributed by atoms with E-state index in [0.717, 1.165) is 19.6 Å². The van der Waals surface area contributed by atoms with Gasteiger partial charge in [-0.05, 0) is 33.2 Å². The van der Waals surface area contributed by atoms with Crippen LogP contribution < -0.4 is 5.73 Å².